The van der Waals surface area contributed by atoms with Crippen molar-refractivity contribution in [1.29, 1.82) is 0 Å². The van der Waals surface area contributed by atoms with E-state index < -0.39 is 27.5 Å². The van der Waals surface area contributed by atoms with Crippen LogP contribution in [0.3, 0.4) is 0 Å². The number of rotatable bonds is 4. The second-order valence-electron chi connectivity index (χ2n) is 6.85. The van der Waals surface area contributed by atoms with Gasteiger partial charge in [-0.1, -0.05) is 20.8 Å². The molecule has 0 aromatic heterocycles. The second kappa shape index (κ2) is 6.97. The summed E-state index contributed by atoms with van der Waals surface area (Å²) in [5.74, 6) is -1.65. The number of carbonyl (C=O) groups is 1. The Morgan fingerprint density at radius 1 is 1.19 bits per heavy atom. The summed E-state index contributed by atoms with van der Waals surface area (Å²) in [4.78, 5) is 22.4. The molecule has 2 aromatic rings. The van der Waals surface area contributed by atoms with Gasteiger partial charge in [0.1, 0.15) is 11.3 Å². The molecule has 0 aliphatic carbocycles. The molecule has 8 heteroatoms. The summed E-state index contributed by atoms with van der Waals surface area (Å²) in [6, 6.07) is 6.77. The summed E-state index contributed by atoms with van der Waals surface area (Å²) in [5, 5.41) is 30.6. The molecular formula is C18H19NO6S. The molecule has 2 N–H and O–H groups in total. The number of hydrogen-bond acceptors (Lipinski definition) is 5. The van der Waals surface area contributed by atoms with Crippen LogP contribution in [0.2, 0.25) is 0 Å². The first-order valence-corrected chi connectivity index (χ1v) is 8.86. The third-order valence-electron chi connectivity index (χ3n) is 4.00. The quantitative estimate of drug-likeness (QED) is 0.475. The number of phenols is 1. The van der Waals surface area contributed by atoms with Crippen molar-refractivity contribution < 1.29 is 24.5 Å². The molecule has 1 unspecified atom stereocenters. The Kier molecular flexibility index (Phi) is 5.29. The molecular weight excluding hydrogens is 358 g/mol. The van der Waals surface area contributed by atoms with Crippen LogP contribution < -0.4 is 0 Å². The van der Waals surface area contributed by atoms with E-state index in [9.17, 15) is 29.7 Å². The summed E-state index contributed by atoms with van der Waals surface area (Å²) in [6.45, 7) is 6.90. The third kappa shape index (κ3) is 3.66. The highest BCUT2D eigenvalue weighted by Crippen LogP contribution is 2.39. The van der Waals surface area contributed by atoms with Crippen LogP contribution in [0, 0.1) is 17.0 Å². The molecule has 0 amide bonds. The number of carboxylic acids is 1. The van der Waals surface area contributed by atoms with Gasteiger partial charge in [-0.05, 0) is 12.3 Å². The van der Waals surface area contributed by atoms with Crippen molar-refractivity contribution in [3.8, 4) is 5.75 Å². The molecule has 2 rings (SSSR count). The number of non-ortho nitro benzene ring substituents is 1. The van der Waals surface area contributed by atoms with Gasteiger partial charge < -0.3 is 14.8 Å². The van der Waals surface area contributed by atoms with Crippen molar-refractivity contribution in [2.45, 2.75) is 42.9 Å². The van der Waals surface area contributed by atoms with Gasteiger partial charge in [-0.2, -0.15) is 0 Å². The van der Waals surface area contributed by atoms with Crippen LogP contribution in [0.25, 0.3) is 0 Å². The number of hydrogen-bond donors (Lipinski definition) is 2. The molecule has 0 heterocycles. The highest BCUT2D eigenvalue weighted by atomic mass is 32.2. The highest BCUT2D eigenvalue weighted by Gasteiger charge is 2.31. The Morgan fingerprint density at radius 3 is 2.15 bits per heavy atom. The van der Waals surface area contributed by atoms with E-state index in [2.05, 4.69) is 0 Å². The molecule has 0 radical (unpaired) electrons. The maximum Gasteiger partial charge on any atom is 0.339 e. The molecule has 0 bridgehead atoms. The zero-order valence-corrected chi connectivity index (χ0v) is 15.6. The normalized spacial score (nSPS) is 12.7. The molecule has 0 spiro atoms. The minimum atomic E-state index is -1.76. The summed E-state index contributed by atoms with van der Waals surface area (Å²) in [7, 11) is 0. The predicted octanol–water partition coefficient (Wildman–Crippen LogP) is 3.77. The lowest BCUT2D eigenvalue weighted by molar-refractivity contribution is -0.384. The number of nitro benzene ring substituents is 1. The van der Waals surface area contributed by atoms with Crippen LogP contribution in [0.5, 0.6) is 5.75 Å². The number of carboxylic acid groups (broad SMARTS) is 1. The molecule has 0 aliphatic heterocycles. The van der Waals surface area contributed by atoms with Gasteiger partial charge in [0.05, 0.1) is 4.92 Å². The first kappa shape index (κ1) is 19.7. The molecule has 0 saturated heterocycles. The van der Waals surface area contributed by atoms with Gasteiger partial charge in [0, 0.05) is 52.6 Å². The van der Waals surface area contributed by atoms with Crippen LogP contribution in [0.15, 0.2) is 40.1 Å². The van der Waals surface area contributed by atoms with E-state index in [-0.39, 0.29) is 27.5 Å². The average Bonchev–Trinajstić information content (AvgIpc) is 2.53. The number of nitrogens with zero attached hydrogens (tertiary/aromatic N) is 1. The first-order valence-electron chi connectivity index (χ1n) is 7.71. The van der Waals surface area contributed by atoms with Gasteiger partial charge in [-0.15, -0.1) is 0 Å². The minimum absolute atomic E-state index is 0.130. The molecule has 1 atom stereocenters. The number of aromatic carboxylic acids is 1. The largest absolute Gasteiger partial charge is 0.606 e. The lowest BCUT2D eigenvalue weighted by atomic mass is 9.84. The molecule has 0 fully saturated rings. The van der Waals surface area contributed by atoms with Crippen molar-refractivity contribution in [1.82, 2.24) is 0 Å². The van der Waals surface area contributed by atoms with Gasteiger partial charge in [0.25, 0.3) is 5.69 Å². The Hall–Kier alpha value is -2.58. The van der Waals surface area contributed by atoms with E-state index in [1.807, 2.05) is 20.8 Å². The summed E-state index contributed by atoms with van der Waals surface area (Å²) < 4.78 is 13.0. The van der Waals surface area contributed by atoms with Crippen LogP contribution in [0.1, 0.15) is 42.3 Å². The SMILES string of the molecule is Cc1c([S+]([O-])c2ccc([N+](=O)[O-])cc2)cc(C(C)(C)C)c(O)c1C(=O)O. The van der Waals surface area contributed by atoms with Gasteiger partial charge in [0.15, 0.2) is 9.79 Å². The topological polar surface area (TPSA) is 124 Å². The van der Waals surface area contributed by atoms with Gasteiger partial charge >= 0.3 is 5.97 Å². The van der Waals surface area contributed by atoms with Crippen molar-refractivity contribution in [2.24, 2.45) is 0 Å². The standard InChI is InChI=1S/C18H19NO6S/c1-10-14(26(25)12-7-5-11(6-8-12)19(23)24)9-13(18(2,3)4)16(20)15(10)17(21)22/h5-9,20H,1-4H3,(H,21,22). The Morgan fingerprint density at radius 2 is 1.73 bits per heavy atom. The van der Waals surface area contributed by atoms with Crippen LogP contribution >= 0.6 is 0 Å². The Labute approximate surface area is 153 Å². The fourth-order valence-electron chi connectivity index (χ4n) is 2.59. The van der Waals surface area contributed by atoms with E-state index in [1.165, 1.54) is 37.3 Å². The smallest absolute Gasteiger partial charge is 0.339 e. The first-order chi connectivity index (χ1) is 11.9. The molecule has 138 valence electrons. The van der Waals surface area contributed by atoms with Crippen LogP contribution in [-0.4, -0.2) is 25.7 Å². The summed E-state index contributed by atoms with van der Waals surface area (Å²) in [6.07, 6.45) is 0. The number of nitro groups is 1. The van der Waals surface area contributed by atoms with Crippen molar-refractivity contribution >= 4 is 22.8 Å². The second-order valence-corrected chi connectivity index (χ2v) is 8.29. The van der Waals surface area contributed by atoms with Gasteiger partial charge in [-0.3, -0.25) is 10.1 Å². The van der Waals surface area contributed by atoms with E-state index in [1.54, 1.807) is 0 Å². The van der Waals surface area contributed by atoms with Gasteiger partial charge in [0.2, 0.25) is 0 Å². The van der Waals surface area contributed by atoms with Crippen molar-refractivity contribution in [3.05, 3.63) is 57.1 Å². The zero-order chi connectivity index (χ0) is 19.8. The minimum Gasteiger partial charge on any atom is -0.606 e. The summed E-state index contributed by atoms with van der Waals surface area (Å²) in [5.41, 5.74) is -0.431. The fraction of sp³-hybridized carbons (Fsp3) is 0.278. The maximum atomic E-state index is 13.0. The summed E-state index contributed by atoms with van der Waals surface area (Å²) >= 11 is -1.76. The molecule has 26 heavy (non-hydrogen) atoms. The van der Waals surface area contributed by atoms with E-state index in [4.69, 9.17) is 0 Å². The fourth-order valence-corrected chi connectivity index (χ4v) is 3.83. The zero-order valence-electron chi connectivity index (χ0n) is 14.8. The maximum absolute atomic E-state index is 13.0. The molecule has 7 nitrogen and oxygen atoms in total. The van der Waals surface area contributed by atoms with E-state index in [0.29, 0.717) is 10.5 Å². The van der Waals surface area contributed by atoms with E-state index in [0.717, 1.165) is 0 Å². The lowest BCUT2D eigenvalue weighted by Gasteiger charge is -2.24. The van der Waals surface area contributed by atoms with Crippen LogP contribution in [0.4, 0.5) is 5.69 Å². The molecule has 0 saturated carbocycles. The van der Waals surface area contributed by atoms with E-state index >= 15 is 0 Å². The van der Waals surface area contributed by atoms with Crippen molar-refractivity contribution in [3.63, 3.8) is 0 Å². The molecule has 2 aromatic carbocycles. The Balaban J connectivity index is 2.66. The number of aromatic hydroxyl groups is 1. The third-order valence-corrected chi connectivity index (χ3v) is 5.52. The Bertz CT molecular complexity index is 871. The molecule has 0 aliphatic rings. The average molecular weight is 377 g/mol. The predicted molar refractivity (Wildman–Crippen MR) is 96.3 cm³/mol. The lowest BCUT2D eigenvalue weighted by Crippen LogP contribution is -2.17. The van der Waals surface area contributed by atoms with Gasteiger partial charge in [-0.25, -0.2) is 4.79 Å². The van der Waals surface area contributed by atoms with Crippen molar-refractivity contribution in [2.75, 3.05) is 0 Å². The van der Waals surface area contributed by atoms with Crippen LogP contribution in [-0.2, 0) is 16.6 Å². The monoisotopic (exact) mass is 377 g/mol. The number of benzene rings is 2. The highest BCUT2D eigenvalue weighted by molar-refractivity contribution is 7.91.